The Balaban J connectivity index is 1.75. The van der Waals surface area contributed by atoms with Crippen LogP contribution in [0.15, 0.2) is 36.4 Å². The smallest absolute Gasteiger partial charge is 0.354 e. The van der Waals surface area contributed by atoms with Crippen LogP contribution in [0.2, 0.25) is 0 Å². The minimum atomic E-state index is -1.09. The molecular weight excluding hydrogens is 358 g/mol. The van der Waals surface area contributed by atoms with E-state index in [2.05, 4.69) is 10.1 Å². The van der Waals surface area contributed by atoms with Crippen LogP contribution in [-0.2, 0) is 4.74 Å². The van der Waals surface area contributed by atoms with Gasteiger partial charge in [0.2, 0.25) is 0 Å². The summed E-state index contributed by atoms with van der Waals surface area (Å²) in [5, 5.41) is 14.9. The zero-order chi connectivity index (χ0) is 19.7. The molecular formula is C21H23N3O4. The van der Waals surface area contributed by atoms with E-state index in [1.165, 1.54) is 6.07 Å². The van der Waals surface area contributed by atoms with Crippen molar-refractivity contribution in [3.05, 3.63) is 47.8 Å². The first-order chi connectivity index (χ1) is 13.5. The minimum absolute atomic E-state index is 0.0543. The topological polar surface area (TPSA) is 86.5 Å². The first-order valence-corrected chi connectivity index (χ1v) is 9.34. The number of aromatic carboxylic acids is 1. The molecule has 7 nitrogen and oxygen atoms in total. The van der Waals surface area contributed by atoms with Gasteiger partial charge in [0.15, 0.2) is 11.3 Å². The molecule has 0 amide bonds. The summed E-state index contributed by atoms with van der Waals surface area (Å²) in [5.41, 5.74) is 2.13. The van der Waals surface area contributed by atoms with Crippen molar-refractivity contribution in [3.63, 3.8) is 0 Å². The number of aromatic nitrogens is 3. The molecule has 7 heteroatoms. The van der Waals surface area contributed by atoms with Crippen molar-refractivity contribution < 1.29 is 19.4 Å². The van der Waals surface area contributed by atoms with Crippen molar-refractivity contribution in [1.82, 2.24) is 14.8 Å². The lowest BCUT2D eigenvalue weighted by atomic mass is 10.1. The SMILES string of the molecule is COCCC1(COc2cc(C(=O)O)nc3c2c(C)nn3-c2ccccc2)CC1. The predicted octanol–water partition coefficient (Wildman–Crippen LogP) is 3.62. The van der Waals surface area contributed by atoms with Crippen molar-refractivity contribution in [3.8, 4) is 11.4 Å². The number of benzene rings is 1. The number of para-hydroxylation sites is 1. The van der Waals surface area contributed by atoms with Crippen LogP contribution in [-0.4, -0.2) is 46.2 Å². The summed E-state index contributed by atoms with van der Waals surface area (Å²) >= 11 is 0. The number of ether oxygens (including phenoxy) is 2. The number of carboxylic acids is 1. The van der Waals surface area contributed by atoms with Crippen LogP contribution < -0.4 is 4.74 Å². The van der Waals surface area contributed by atoms with E-state index in [0.717, 1.165) is 36.0 Å². The monoisotopic (exact) mass is 381 g/mol. The van der Waals surface area contributed by atoms with Gasteiger partial charge in [0.05, 0.1) is 23.4 Å². The lowest BCUT2D eigenvalue weighted by molar-refractivity contribution is 0.0690. The Morgan fingerprint density at radius 1 is 1.29 bits per heavy atom. The highest BCUT2D eigenvalue weighted by Gasteiger charge is 2.43. The predicted molar refractivity (Wildman–Crippen MR) is 104 cm³/mol. The first kappa shape index (κ1) is 18.4. The quantitative estimate of drug-likeness (QED) is 0.641. The number of pyridine rings is 1. The van der Waals surface area contributed by atoms with E-state index in [1.54, 1.807) is 11.8 Å². The third-order valence-electron chi connectivity index (χ3n) is 5.32. The summed E-state index contributed by atoms with van der Waals surface area (Å²) in [6, 6.07) is 11.0. The van der Waals surface area contributed by atoms with Gasteiger partial charge in [-0.3, -0.25) is 0 Å². The van der Waals surface area contributed by atoms with Gasteiger partial charge < -0.3 is 14.6 Å². The minimum Gasteiger partial charge on any atom is -0.492 e. The number of hydrogen-bond acceptors (Lipinski definition) is 5. The van der Waals surface area contributed by atoms with Gasteiger partial charge in [-0.15, -0.1) is 0 Å². The lowest BCUT2D eigenvalue weighted by Crippen LogP contribution is -2.16. The summed E-state index contributed by atoms with van der Waals surface area (Å²) in [6.45, 7) is 3.11. The van der Waals surface area contributed by atoms with E-state index < -0.39 is 5.97 Å². The zero-order valence-electron chi connectivity index (χ0n) is 16.0. The Kier molecular flexibility index (Phi) is 4.77. The molecule has 1 fully saturated rings. The van der Waals surface area contributed by atoms with Gasteiger partial charge in [-0.05, 0) is 38.3 Å². The number of fused-ring (bicyclic) bond motifs is 1. The molecule has 2 heterocycles. The summed E-state index contributed by atoms with van der Waals surface area (Å²) in [5.74, 6) is -0.573. The molecule has 146 valence electrons. The Hall–Kier alpha value is -2.93. The molecule has 1 saturated carbocycles. The molecule has 1 aliphatic carbocycles. The number of aryl methyl sites for hydroxylation is 1. The largest absolute Gasteiger partial charge is 0.492 e. The van der Waals surface area contributed by atoms with Crippen molar-refractivity contribution in [2.24, 2.45) is 5.41 Å². The molecule has 1 N–H and O–H groups in total. The van der Waals surface area contributed by atoms with Gasteiger partial charge in [0.1, 0.15) is 5.75 Å². The Morgan fingerprint density at radius 2 is 2.04 bits per heavy atom. The lowest BCUT2D eigenvalue weighted by Gasteiger charge is -2.16. The van der Waals surface area contributed by atoms with Crippen LogP contribution >= 0.6 is 0 Å². The molecule has 4 rings (SSSR count). The second kappa shape index (κ2) is 7.24. The summed E-state index contributed by atoms with van der Waals surface area (Å²) in [6.07, 6.45) is 3.13. The van der Waals surface area contributed by atoms with Gasteiger partial charge in [-0.1, -0.05) is 18.2 Å². The molecule has 1 aliphatic rings. The van der Waals surface area contributed by atoms with E-state index in [9.17, 15) is 9.90 Å². The van der Waals surface area contributed by atoms with E-state index >= 15 is 0 Å². The van der Waals surface area contributed by atoms with Crippen molar-refractivity contribution >= 4 is 17.0 Å². The number of carboxylic acid groups (broad SMARTS) is 1. The molecule has 0 radical (unpaired) electrons. The normalized spacial score (nSPS) is 14.9. The van der Waals surface area contributed by atoms with Gasteiger partial charge in [-0.2, -0.15) is 5.10 Å². The number of carbonyl (C=O) groups is 1. The van der Waals surface area contributed by atoms with E-state index in [0.29, 0.717) is 24.6 Å². The number of nitrogens with zero attached hydrogens (tertiary/aromatic N) is 3. The molecule has 0 spiro atoms. The third kappa shape index (κ3) is 3.45. The number of rotatable bonds is 8. The standard InChI is InChI=1S/C21H23N3O4/c1-14-18-17(28-13-21(8-9-21)10-11-27-2)12-16(20(25)26)22-19(18)24(23-14)15-6-4-3-5-7-15/h3-7,12H,8-11,13H2,1-2H3,(H,25,26). The molecule has 1 aromatic carbocycles. The average Bonchev–Trinajstić information content (AvgIpc) is 3.40. The van der Waals surface area contributed by atoms with E-state index in [-0.39, 0.29) is 11.1 Å². The van der Waals surface area contributed by atoms with Crippen LogP contribution in [0.25, 0.3) is 16.7 Å². The second-order valence-electron chi connectivity index (χ2n) is 7.37. The van der Waals surface area contributed by atoms with Crippen LogP contribution in [0.1, 0.15) is 35.4 Å². The number of methoxy groups -OCH3 is 1. The first-order valence-electron chi connectivity index (χ1n) is 9.34. The molecule has 0 bridgehead atoms. The fraction of sp³-hybridized carbons (Fsp3) is 0.381. The van der Waals surface area contributed by atoms with Crippen LogP contribution in [0.4, 0.5) is 0 Å². The molecule has 3 aromatic rings. The summed E-state index contributed by atoms with van der Waals surface area (Å²) in [4.78, 5) is 16.0. The Labute approximate surface area is 162 Å². The van der Waals surface area contributed by atoms with Crippen molar-refractivity contribution in [1.29, 1.82) is 0 Å². The van der Waals surface area contributed by atoms with Crippen molar-refractivity contribution in [2.75, 3.05) is 20.3 Å². The van der Waals surface area contributed by atoms with Crippen LogP contribution in [0.3, 0.4) is 0 Å². The van der Waals surface area contributed by atoms with Crippen LogP contribution in [0.5, 0.6) is 5.75 Å². The Morgan fingerprint density at radius 3 is 2.68 bits per heavy atom. The number of hydrogen-bond donors (Lipinski definition) is 1. The zero-order valence-corrected chi connectivity index (χ0v) is 16.0. The fourth-order valence-corrected chi connectivity index (χ4v) is 3.41. The molecule has 0 aliphatic heterocycles. The summed E-state index contributed by atoms with van der Waals surface area (Å²) < 4.78 is 13.0. The maximum absolute atomic E-state index is 11.6. The van der Waals surface area contributed by atoms with E-state index in [1.807, 2.05) is 37.3 Å². The molecule has 0 unspecified atom stereocenters. The highest BCUT2D eigenvalue weighted by Crippen LogP contribution is 2.49. The second-order valence-corrected chi connectivity index (χ2v) is 7.37. The van der Waals surface area contributed by atoms with Gasteiger partial charge in [0.25, 0.3) is 0 Å². The third-order valence-corrected chi connectivity index (χ3v) is 5.32. The van der Waals surface area contributed by atoms with Crippen LogP contribution in [0, 0.1) is 12.3 Å². The van der Waals surface area contributed by atoms with E-state index in [4.69, 9.17) is 9.47 Å². The fourth-order valence-electron chi connectivity index (χ4n) is 3.41. The van der Waals surface area contributed by atoms with Crippen molar-refractivity contribution in [2.45, 2.75) is 26.2 Å². The maximum Gasteiger partial charge on any atom is 0.354 e. The Bertz CT molecular complexity index is 1010. The van der Waals surface area contributed by atoms with Gasteiger partial charge in [-0.25, -0.2) is 14.5 Å². The maximum atomic E-state index is 11.6. The summed E-state index contributed by atoms with van der Waals surface area (Å²) in [7, 11) is 1.70. The molecule has 2 aromatic heterocycles. The molecule has 28 heavy (non-hydrogen) atoms. The highest BCUT2D eigenvalue weighted by atomic mass is 16.5. The van der Waals surface area contributed by atoms with Gasteiger partial charge >= 0.3 is 5.97 Å². The van der Waals surface area contributed by atoms with Gasteiger partial charge in [0, 0.05) is 25.2 Å². The molecule has 0 atom stereocenters. The average molecular weight is 381 g/mol. The highest BCUT2D eigenvalue weighted by molar-refractivity contribution is 5.93. The molecule has 0 saturated heterocycles.